The first-order valence-electron chi connectivity index (χ1n) is 5.08. The van der Waals surface area contributed by atoms with Gasteiger partial charge in [0.2, 0.25) is 0 Å². The molecule has 4 heteroatoms. The summed E-state index contributed by atoms with van der Waals surface area (Å²) >= 11 is 3.30. The lowest BCUT2D eigenvalue weighted by Crippen LogP contribution is -2.28. The Morgan fingerprint density at radius 1 is 1.67 bits per heavy atom. The van der Waals surface area contributed by atoms with E-state index < -0.39 is 0 Å². The lowest BCUT2D eigenvalue weighted by atomic mass is 10.2. The van der Waals surface area contributed by atoms with Gasteiger partial charge >= 0.3 is 0 Å². The van der Waals surface area contributed by atoms with Crippen molar-refractivity contribution in [3.8, 4) is 0 Å². The van der Waals surface area contributed by atoms with Crippen LogP contribution in [-0.2, 0) is 0 Å². The van der Waals surface area contributed by atoms with Crippen molar-refractivity contribution in [2.24, 2.45) is 5.92 Å². The van der Waals surface area contributed by atoms with Crippen LogP contribution in [-0.4, -0.2) is 28.9 Å². The summed E-state index contributed by atoms with van der Waals surface area (Å²) in [5.41, 5.74) is 0.659. The zero-order valence-corrected chi connectivity index (χ0v) is 10.2. The van der Waals surface area contributed by atoms with Gasteiger partial charge in [0.05, 0.1) is 5.56 Å². The number of hydrogen-bond donors (Lipinski definition) is 0. The normalized spacial score (nSPS) is 20.7. The molecule has 1 aliphatic heterocycles. The smallest absolute Gasteiger partial charge is 0.256 e. The van der Waals surface area contributed by atoms with Crippen molar-refractivity contribution in [2.75, 3.05) is 13.1 Å². The molecule has 1 unspecified atom stereocenters. The SMILES string of the molecule is CC1CCN(C(=O)c2cccnc2Br)C1. The maximum Gasteiger partial charge on any atom is 0.256 e. The first-order chi connectivity index (χ1) is 7.18. The maximum absolute atomic E-state index is 12.1. The Hall–Kier alpha value is -0.900. The molecular formula is C11H13BrN2O. The Balaban J connectivity index is 2.18. The van der Waals surface area contributed by atoms with E-state index in [1.165, 1.54) is 0 Å². The monoisotopic (exact) mass is 268 g/mol. The van der Waals surface area contributed by atoms with Crippen LogP contribution in [0, 0.1) is 5.92 Å². The second kappa shape index (κ2) is 4.31. The van der Waals surface area contributed by atoms with E-state index in [2.05, 4.69) is 27.8 Å². The molecule has 15 heavy (non-hydrogen) atoms. The van der Waals surface area contributed by atoms with Gasteiger partial charge < -0.3 is 4.90 Å². The molecule has 1 amide bonds. The summed E-state index contributed by atoms with van der Waals surface area (Å²) in [4.78, 5) is 18.0. The largest absolute Gasteiger partial charge is 0.338 e. The number of amides is 1. The summed E-state index contributed by atoms with van der Waals surface area (Å²) in [6.45, 7) is 3.90. The molecule has 1 aromatic rings. The van der Waals surface area contributed by atoms with E-state index in [1.807, 2.05) is 11.0 Å². The minimum atomic E-state index is 0.0827. The van der Waals surface area contributed by atoms with Crippen LogP contribution in [0.1, 0.15) is 23.7 Å². The molecule has 0 bridgehead atoms. The predicted octanol–water partition coefficient (Wildman–Crippen LogP) is 2.33. The zero-order valence-electron chi connectivity index (χ0n) is 8.61. The van der Waals surface area contributed by atoms with Gasteiger partial charge in [-0.2, -0.15) is 0 Å². The number of carbonyl (C=O) groups excluding carboxylic acids is 1. The first kappa shape index (κ1) is 10.6. The van der Waals surface area contributed by atoms with E-state index in [0.717, 1.165) is 19.5 Å². The summed E-state index contributed by atoms with van der Waals surface area (Å²) in [6.07, 6.45) is 2.77. The summed E-state index contributed by atoms with van der Waals surface area (Å²) in [7, 11) is 0. The second-order valence-corrected chi connectivity index (χ2v) is 4.74. The molecule has 0 aliphatic carbocycles. The Morgan fingerprint density at radius 3 is 3.07 bits per heavy atom. The summed E-state index contributed by atoms with van der Waals surface area (Å²) in [6, 6.07) is 3.60. The molecule has 3 nitrogen and oxygen atoms in total. The van der Waals surface area contributed by atoms with Crippen molar-refractivity contribution in [3.63, 3.8) is 0 Å². The Labute approximate surface area is 97.6 Å². The number of rotatable bonds is 1. The zero-order chi connectivity index (χ0) is 10.8. The van der Waals surface area contributed by atoms with Crippen molar-refractivity contribution >= 4 is 21.8 Å². The Morgan fingerprint density at radius 2 is 2.47 bits per heavy atom. The van der Waals surface area contributed by atoms with Crippen LogP contribution in [0.4, 0.5) is 0 Å². The van der Waals surface area contributed by atoms with Crippen molar-refractivity contribution in [2.45, 2.75) is 13.3 Å². The van der Waals surface area contributed by atoms with Crippen molar-refractivity contribution in [3.05, 3.63) is 28.5 Å². The molecule has 1 atom stereocenters. The van der Waals surface area contributed by atoms with E-state index in [1.54, 1.807) is 12.3 Å². The molecule has 1 aromatic heterocycles. The number of halogens is 1. The van der Waals surface area contributed by atoms with E-state index in [9.17, 15) is 4.79 Å². The molecule has 0 N–H and O–H groups in total. The van der Waals surface area contributed by atoms with Crippen molar-refractivity contribution in [1.29, 1.82) is 0 Å². The highest BCUT2D eigenvalue weighted by Gasteiger charge is 2.25. The van der Waals surface area contributed by atoms with Crippen LogP contribution < -0.4 is 0 Å². The number of hydrogen-bond acceptors (Lipinski definition) is 2. The predicted molar refractivity (Wildman–Crippen MR) is 61.6 cm³/mol. The standard InChI is InChI=1S/C11H13BrN2O/c1-8-4-6-14(7-8)11(15)9-3-2-5-13-10(9)12/h2-3,5,8H,4,6-7H2,1H3. The third-order valence-electron chi connectivity index (χ3n) is 2.70. The lowest BCUT2D eigenvalue weighted by molar-refractivity contribution is 0.0786. The molecule has 2 heterocycles. The molecule has 0 aromatic carbocycles. The van der Waals surface area contributed by atoms with Crippen LogP contribution in [0.15, 0.2) is 22.9 Å². The highest BCUT2D eigenvalue weighted by molar-refractivity contribution is 9.10. The number of likely N-dealkylation sites (tertiary alicyclic amines) is 1. The molecule has 2 rings (SSSR count). The average molecular weight is 269 g/mol. The van der Waals surface area contributed by atoms with Gasteiger partial charge in [-0.15, -0.1) is 0 Å². The molecule has 80 valence electrons. The molecule has 0 radical (unpaired) electrons. The minimum Gasteiger partial charge on any atom is -0.338 e. The third kappa shape index (κ3) is 2.20. The number of carbonyl (C=O) groups is 1. The molecule has 0 saturated carbocycles. The van der Waals surface area contributed by atoms with Crippen LogP contribution in [0.25, 0.3) is 0 Å². The van der Waals surface area contributed by atoms with Crippen LogP contribution >= 0.6 is 15.9 Å². The number of nitrogens with zero attached hydrogens (tertiary/aromatic N) is 2. The molecule has 1 saturated heterocycles. The third-order valence-corrected chi connectivity index (χ3v) is 3.33. The second-order valence-electron chi connectivity index (χ2n) is 3.99. The number of pyridine rings is 1. The fourth-order valence-electron chi connectivity index (χ4n) is 1.84. The average Bonchev–Trinajstić information content (AvgIpc) is 2.65. The summed E-state index contributed by atoms with van der Waals surface area (Å²) in [5.74, 6) is 0.698. The van der Waals surface area contributed by atoms with Gasteiger partial charge in [0, 0.05) is 19.3 Å². The molecule has 1 fully saturated rings. The van der Waals surface area contributed by atoms with Crippen LogP contribution in [0.2, 0.25) is 0 Å². The Kier molecular flexibility index (Phi) is 3.05. The first-order valence-corrected chi connectivity index (χ1v) is 5.87. The van der Waals surface area contributed by atoms with Gasteiger partial charge in [0.25, 0.3) is 5.91 Å². The van der Waals surface area contributed by atoms with Crippen LogP contribution in [0.5, 0.6) is 0 Å². The fraction of sp³-hybridized carbons (Fsp3) is 0.455. The van der Waals surface area contributed by atoms with E-state index in [4.69, 9.17) is 0 Å². The summed E-state index contributed by atoms with van der Waals surface area (Å²) in [5, 5.41) is 0. The van der Waals surface area contributed by atoms with Gasteiger partial charge in [-0.05, 0) is 40.4 Å². The highest BCUT2D eigenvalue weighted by Crippen LogP contribution is 2.20. The summed E-state index contributed by atoms with van der Waals surface area (Å²) < 4.78 is 0.634. The molecular weight excluding hydrogens is 256 g/mol. The van der Waals surface area contributed by atoms with Gasteiger partial charge in [-0.3, -0.25) is 4.79 Å². The van der Waals surface area contributed by atoms with Crippen molar-refractivity contribution in [1.82, 2.24) is 9.88 Å². The maximum atomic E-state index is 12.1. The lowest BCUT2D eigenvalue weighted by Gasteiger charge is -2.16. The minimum absolute atomic E-state index is 0.0827. The van der Waals surface area contributed by atoms with Gasteiger partial charge in [-0.25, -0.2) is 4.98 Å². The fourth-order valence-corrected chi connectivity index (χ4v) is 2.26. The molecule has 1 aliphatic rings. The molecule has 0 spiro atoms. The highest BCUT2D eigenvalue weighted by atomic mass is 79.9. The van der Waals surface area contributed by atoms with Gasteiger partial charge in [-0.1, -0.05) is 6.92 Å². The topological polar surface area (TPSA) is 33.2 Å². The van der Waals surface area contributed by atoms with Gasteiger partial charge in [0.15, 0.2) is 0 Å². The van der Waals surface area contributed by atoms with E-state index in [0.29, 0.717) is 16.1 Å². The van der Waals surface area contributed by atoms with Crippen molar-refractivity contribution < 1.29 is 4.79 Å². The quantitative estimate of drug-likeness (QED) is 0.733. The number of aromatic nitrogens is 1. The Bertz CT molecular complexity index is 381. The van der Waals surface area contributed by atoms with Gasteiger partial charge in [0.1, 0.15) is 4.60 Å². The van der Waals surface area contributed by atoms with Crippen LogP contribution in [0.3, 0.4) is 0 Å². The van der Waals surface area contributed by atoms with E-state index in [-0.39, 0.29) is 5.91 Å². The van der Waals surface area contributed by atoms with E-state index >= 15 is 0 Å².